The second kappa shape index (κ2) is 4.16. The summed E-state index contributed by atoms with van der Waals surface area (Å²) in [5, 5.41) is 18.2. The van der Waals surface area contributed by atoms with Crippen molar-refractivity contribution in [1.82, 2.24) is 10.2 Å². The van der Waals surface area contributed by atoms with Gasteiger partial charge in [-0.25, -0.2) is 0 Å². The Balaban J connectivity index is 2.17. The van der Waals surface area contributed by atoms with E-state index in [0.29, 0.717) is 6.54 Å². The van der Waals surface area contributed by atoms with Gasteiger partial charge >= 0.3 is 0 Å². The van der Waals surface area contributed by atoms with E-state index in [9.17, 15) is 5.11 Å². The molecule has 0 aliphatic carbocycles. The summed E-state index contributed by atoms with van der Waals surface area (Å²) in [5.41, 5.74) is 8.96. The van der Waals surface area contributed by atoms with Crippen molar-refractivity contribution in [2.75, 3.05) is 0 Å². The number of benzene rings is 2. The molecule has 1 heterocycles. The third-order valence-corrected chi connectivity index (χ3v) is 3.05. The van der Waals surface area contributed by atoms with Gasteiger partial charge in [0, 0.05) is 23.1 Å². The zero-order valence-corrected chi connectivity index (χ0v) is 9.72. The Hall–Kier alpha value is -2.33. The van der Waals surface area contributed by atoms with Crippen LogP contribution in [0.3, 0.4) is 0 Å². The maximum Gasteiger partial charge on any atom is 0.120 e. The predicted octanol–water partition coefficient (Wildman–Crippen LogP) is 2.39. The lowest BCUT2D eigenvalue weighted by atomic mass is 10.0. The first-order valence-corrected chi connectivity index (χ1v) is 5.75. The highest BCUT2D eigenvalue weighted by Crippen LogP contribution is 2.29. The molecule has 4 N–H and O–H groups in total. The van der Waals surface area contributed by atoms with Crippen LogP contribution in [-0.2, 0) is 6.54 Å². The van der Waals surface area contributed by atoms with Gasteiger partial charge in [0.2, 0.25) is 0 Å². The maximum atomic E-state index is 9.84. The van der Waals surface area contributed by atoms with Crippen LogP contribution in [0.15, 0.2) is 42.5 Å². The number of phenols is 1. The fraction of sp³-hybridized carbons (Fsp3) is 0.0714. The molecule has 0 aliphatic rings. The minimum Gasteiger partial charge on any atom is -0.508 e. The summed E-state index contributed by atoms with van der Waals surface area (Å²) < 4.78 is 0. The summed E-state index contributed by atoms with van der Waals surface area (Å²) in [4.78, 5) is 0. The molecule has 0 saturated carbocycles. The van der Waals surface area contributed by atoms with Crippen molar-refractivity contribution in [2.24, 2.45) is 5.73 Å². The zero-order valence-electron chi connectivity index (χ0n) is 9.72. The van der Waals surface area contributed by atoms with E-state index in [0.717, 1.165) is 27.7 Å². The van der Waals surface area contributed by atoms with Gasteiger partial charge in [0.15, 0.2) is 0 Å². The summed E-state index contributed by atoms with van der Waals surface area (Å²) >= 11 is 0. The summed E-state index contributed by atoms with van der Waals surface area (Å²) in [6, 6.07) is 13.3. The van der Waals surface area contributed by atoms with Crippen LogP contribution in [-0.4, -0.2) is 15.3 Å². The highest BCUT2D eigenvalue weighted by Gasteiger charge is 2.09. The van der Waals surface area contributed by atoms with Crippen molar-refractivity contribution in [3.8, 4) is 17.0 Å². The first-order valence-electron chi connectivity index (χ1n) is 5.75. The number of phenolic OH excluding ortho intramolecular Hbond substituents is 1. The van der Waals surface area contributed by atoms with Crippen LogP contribution >= 0.6 is 0 Å². The Labute approximate surface area is 104 Å². The van der Waals surface area contributed by atoms with Crippen molar-refractivity contribution < 1.29 is 5.11 Å². The van der Waals surface area contributed by atoms with E-state index in [1.54, 1.807) is 6.07 Å². The van der Waals surface area contributed by atoms with Crippen LogP contribution in [0.4, 0.5) is 0 Å². The molecule has 0 saturated heterocycles. The van der Waals surface area contributed by atoms with E-state index in [2.05, 4.69) is 10.2 Å². The molecule has 3 rings (SSSR count). The molecule has 1 aromatic heterocycles. The third-order valence-electron chi connectivity index (χ3n) is 3.05. The number of nitrogens with one attached hydrogen (secondary N) is 1. The topological polar surface area (TPSA) is 74.9 Å². The van der Waals surface area contributed by atoms with Crippen molar-refractivity contribution in [3.05, 3.63) is 48.0 Å². The average molecular weight is 239 g/mol. The van der Waals surface area contributed by atoms with Crippen LogP contribution in [0.25, 0.3) is 22.2 Å². The number of nitrogens with two attached hydrogens (primary N) is 1. The lowest BCUT2D eigenvalue weighted by Crippen LogP contribution is -1.96. The number of para-hydroxylation sites is 1. The van der Waals surface area contributed by atoms with Gasteiger partial charge in [-0.15, -0.1) is 0 Å². The highest BCUT2D eigenvalue weighted by molar-refractivity contribution is 5.92. The number of nitrogens with zero attached hydrogens (tertiary/aromatic N) is 1. The molecule has 90 valence electrons. The van der Waals surface area contributed by atoms with Crippen molar-refractivity contribution in [1.29, 1.82) is 0 Å². The van der Waals surface area contributed by atoms with Crippen LogP contribution in [0, 0.1) is 0 Å². The number of rotatable bonds is 2. The number of aromatic amines is 1. The van der Waals surface area contributed by atoms with Crippen molar-refractivity contribution in [3.63, 3.8) is 0 Å². The highest BCUT2D eigenvalue weighted by atomic mass is 16.3. The summed E-state index contributed by atoms with van der Waals surface area (Å²) in [7, 11) is 0. The van der Waals surface area contributed by atoms with E-state index >= 15 is 0 Å². The largest absolute Gasteiger partial charge is 0.508 e. The van der Waals surface area contributed by atoms with Gasteiger partial charge in [-0.2, -0.15) is 5.10 Å². The second-order valence-corrected chi connectivity index (χ2v) is 4.17. The second-order valence-electron chi connectivity index (χ2n) is 4.17. The van der Waals surface area contributed by atoms with Gasteiger partial charge in [-0.1, -0.05) is 30.3 Å². The first kappa shape index (κ1) is 10.8. The Morgan fingerprint density at radius 3 is 2.78 bits per heavy atom. The van der Waals surface area contributed by atoms with Gasteiger partial charge in [0.05, 0.1) is 5.52 Å². The molecule has 0 unspecified atom stereocenters. The van der Waals surface area contributed by atoms with Gasteiger partial charge in [-0.05, 0) is 12.1 Å². The molecular weight excluding hydrogens is 226 g/mol. The molecule has 4 heteroatoms. The van der Waals surface area contributed by atoms with E-state index in [4.69, 9.17) is 5.73 Å². The fourth-order valence-corrected chi connectivity index (χ4v) is 2.07. The van der Waals surface area contributed by atoms with Crippen molar-refractivity contribution >= 4 is 10.9 Å². The smallest absolute Gasteiger partial charge is 0.120 e. The number of aromatic nitrogens is 2. The normalized spacial score (nSPS) is 10.9. The lowest BCUT2D eigenvalue weighted by molar-refractivity contribution is 0.468. The molecule has 0 bridgehead atoms. The standard InChI is InChI=1S/C14H13N3O/c15-8-10-6-5-9(7-13(10)18)14-11-3-1-2-4-12(11)16-17-14/h1-7,18H,8,15H2,(H,16,17). The monoisotopic (exact) mass is 239 g/mol. The Kier molecular flexibility index (Phi) is 2.50. The SMILES string of the molecule is NCc1ccc(-c2n[nH]c3ccccc23)cc1O. The van der Waals surface area contributed by atoms with Gasteiger partial charge in [0.25, 0.3) is 0 Å². The first-order chi connectivity index (χ1) is 8.79. The quantitative estimate of drug-likeness (QED) is 0.642. The summed E-state index contributed by atoms with van der Waals surface area (Å²) in [6.45, 7) is 0.327. The Bertz CT molecular complexity index is 703. The summed E-state index contributed by atoms with van der Waals surface area (Å²) in [5.74, 6) is 0.210. The van der Waals surface area contributed by atoms with Gasteiger partial charge < -0.3 is 10.8 Å². The molecule has 3 aromatic rings. The molecular formula is C14H13N3O. The van der Waals surface area contributed by atoms with Crippen LogP contribution < -0.4 is 5.73 Å². The predicted molar refractivity (Wildman–Crippen MR) is 71.1 cm³/mol. The van der Waals surface area contributed by atoms with Crippen molar-refractivity contribution in [2.45, 2.75) is 6.54 Å². The molecule has 4 nitrogen and oxygen atoms in total. The molecule has 0 aliphatic heterocycles. The van der Waals surface area contributed by atoms with Crippen LogP contribution in [0.1, 0.15) is 5.56 Å². The number of aromatic hydroxyl groups is 1. The Morgan fingerprint density at radius 2 is 2.00 bits per heavy atom. The van der Waals surface area contributed by atoms with Gasteiger partial charge in [-0.3, -0.25) is 5.10 Å². The average Bonchev–Trinajstić information content (AvgIpc) is 2.82. The lowest BCUT2D eigenvalue weighted by Gasteiger charge is -2.04. The minimum absolute atomic E-state index is 0.210. The molecule has 2 aromatic carbocycles. The molecule has 0 spiro atoms. The number of hydrogen-bond acceptors (Lipinski definition) is 3. The van der Waals surface area contributed by atoms with Gasteiger partial charge in [0.1, 0.15) is 11.4 Å². The molecule has 0 atom stereocenters. The van der Waals surface area contributed by atoms with E-state index in [1.165, 1.54) is 0 Å². The number of hydrogen-bond donors (Lipinski definition) is 3. The number of H-pyrrole nitrogens is 1. The molecule has 18 heavy (non-hydrogen) atoms. The zero-order chi connectivity index (χ0) is 12.5. The maximum absolute atomic E-state index is 9.84. The number of fused-ring (bicyclic) bond motifs is 1. The fourth-order valence-electron chi connectivity index (χ4n) is 2.07. The molecule has 0 fully saturated rings. The van der Waals surface area contributed by atoms with E-state index < -0.39 is 0 Å². The summed E-state index contributed by atoms with van der Waals surface area (Å²) in [6.07, 6.45) is 0. The molecule has 0 radical (unpaired) electrons. The van der Waals surface area contributed by atoms with Crippen LogP contribution in [0.5, 0.6) is 5.75 Å². The Morgan fingerprint density at radius 1 is 1.17 bits per heavy atom. The molecule has 0 amide bonds. The van der Waals surface area contributed by atoms with E-state index in [-0.39, 0.29) is 5.75 Å². The minimum atomic E-state index is 0.210. The third kappa shape index (κ3) is 1.63. The van der Waals surface area contributed by atoms with Crippen LogP contribution in [0.2, 0.25) is 0 Å². The van der Waals surface area contributed by atoms with E-state index in [1.807, 2.05) is 36.4 Å².